The maximum absolute atomic E-state index is 13.1. The summed E-state index contributed by atoms with van der Waals surface area (Å²) in [6.45, 7) is 8.71. The summed E-state index contributed by atoms with van der Waals surface area (Å²) in [4.78, 5) is 24.8. The average Bonchev–Trinajstić information content (AvgIpc) is 3.31. The minimum atomic E-state index is -1.82. The number of thiol groups is 1. The number of likely N-dealkylation sites (tertiary alicyclic amines) is 1. The van der Waals surface area contributed by atoms with Crippen molar-refractivity contribution in [1.29, 1.82) is 0 Å². The molecule has 8 nitrogen and oxygen atoms in total. The maximum Gasteiger partial charge on any atom is 0.414 e. The molecule has 1 aliphatic rings. The fraction of sp³-hybridized carbons (Fsp3) is 0.379. The Morgan fingerprint density at radius 3 is 2.33 bits per heavy atom. The molecule has 3 aromatic rings. The highest BCUT2D eigenvalue weighted by Crippen LogP contribution is 2.29. The molecular weight excluding hydrogens is 523 g/mol. The minimum absolute atomic E-state index is 0.228. The number of β-amino-alcohol motifs (C(OH)–C–C–N with tert-alkyl or cyclic N) is 1. The summed E-state index contributed by atoms with van der Waals surface area (Å²) in [6, 6.07) is 14.5. The van der Waals surface area contributed by atoms with Gasteiger partial charge in [-0.3, -0.25) is 0 Å². The second kappa shape index (κ2) is 15.9. The van der Waals surface area contributed by atoms with Crippen molar-refractivity contribution in [1.82, 2.24) is 9.88 Å². The van der Waals surface area contributed by atoms with Crippen molar-refractivity contribution >= 4 is 41.5 Å². The number of aliphatic carboxylic acids is 2. The Labute approximate surface area is 233 Å². The van der Waals surface area contributed by atoms with Gasteiger partial charge in [0.05, 0.1) is 0 Å². The van der Waals surface area contributed by atoms with Gasteiger partial charge in [-0.2, -0.15) is 0 Å². The number of rotatable bonds is 7. The normalized spacial score (nSPS) is 15.0. The van der Waals surface area contributed by atoms with E-state index in [0.29, 0.717) is 12.5 Å². The van der Waals surface area contributed by atoms with Gasteiger partial charge in [0.25, 0.3) is 0 Å². The molecule has 0 saturated carbocycles. The number of H-pyrrole nitrogens is 1. The van der Waals surface area contributed by atoms with E-state index in [1.165, 1.54) is 12.1 Å². The SMILES string of the molecule is CC.Cc1cc2c(OCC(O)CN3CCC(/C(S)=C/c4ccc(F)cc4)CC3)cccc2[nH]1.O=C(O)C(=O)O. The number of benzene rings is 2. The first-order valence-electron chi connectivity index (χ1n) is 12.9. The molecule has 0 amide bonds. The number of aliphatic hydroxyl groups is 1. The third-order valence-corrected chi connectivity index (χ3v) is 6.53. The second-order valence-corrected chi connectivity index (χ2v) is 9.46. The van der Waals surface area contributed by atoms with Crippen LogP contribution in [0.4, 0.5) is 4.39 Å². The number of ether oxygens (including phenoxy) is 1. The van der Waals surface area contributed by atoms with Gasteiger partial charge in [0.1, 0.15) is 24.3 Å². The molecule has 0 bridgehead atoms. The van der Waals surface area contributed by atoms with E-state index < -0.39 is 18.0 Å². The van der Waals surface area contributed by atoms with Gasteiger partial charge in [0.2, 0.25) is 0 Å². The number of hydrogen-bond acceptors (Lipinski definition) is 6. The monoisotopic (exact) mass is 560 g/mol. The smallest absolute Gasteiger partial charge is 0.414 e. The van der Waals surface area contributed by atoms with Crippen LogP contribution in [0.5, 0.6) is 5.75 Å². The predicted molar refractivity (Wildman–Crippen MR) is 154 cm³/mol. The Morgan fingerprint density at radius 2 is 1.74 bits per heavy atom. The number of carbonyl (C=O) groups is 2. The zero-order valence-corrected chi connectivity index (χ0v) is 23.3. The fourth-order valence-electron chi connectivity index (χ4n) is 4.19. The van der Waals surface area contributed by atoms with E-state index in [1.54, 1.807) is 12.1 Å². The molecule has 212 valence electrons. The standard InChI is InChI=1S/C25H29FN2O2S.C2H2O4.C2H6/c1-17-13-22-23(27-17)3-2-4-24(22)30-16-21(29)15-28-11-9-19(10-12-28)25(31)14-18-5-7-20(26)8-6-18;3-1(4)2(5)6;1-2/h2-8,13-14,19,21,27,29,31H,9-12,15-16H2,1H3;(H,3,4)(H,5,6);1-2H3/b25-14-;;. The molecule has 10 heteroatoms. The van der Waals surface area contributed by atoms with Crippen LogP contribution in [-0.2, 0) is 9.59 Å². The Bertz CT molecular complexity index is 1220. The molecule has 1 fully saturated rings. The van der Waals surface area contributed by atoms with Crippen LogP contribution in [0.15, 0.2) is 53.4 Å². The summed E-state index contributed by atoms with van der Waals surface area (Å²) >= 11 is 4.69. The lowest BCUT2D eigenvalue weighted by atomic mass is 9.95. The van der Waals surface area contributed by atoms with Crippen molar-refractivity contribution in [3.05, 3.63) is 70.5 Å². The summed E-state index contributed by atoms with van der Waals surface area (Å²) in [5.74, 6) is -2.68. The first-order valence-corrected chi connectivity index (χ1v) is 13.3. The first-order chi connectivity index (χ1) is 18.6. The van der Waals surface area contributed by atoms with Crippen molar-refractivity contribution in [2.24, 2.45) is 5.92 Å². The van der Waals surface area contributed by atoms with E-state index in [2.05, 4.69) is 16.0 Å². The van der Waals surface area contributed by atoms with Gasteiger partial charge in [-0.1, -0.05) is 32.0 Å². The topological polar surface area (TPSA) is 123 Å². The Balaban J connectivity index is 0.000000590. The van der Waals surface area contributed by atoms with Gasteiger partial charge >= 0.3 is 11.9 Å². The highest BCUT2D eigenvalue weighted by atomic mass is 32.1. The Kier molecular flexibility index (Phi) is 13.0. The lowest BCUT2D eigenvalue weighted by Gasteiger charge is -2.33. The third kappa shape index (κ3) is 10.4. The number of piperidine rings is 1. The highest BCUT2D eigenvalue weighted by molar-refractivity contribution is 7.84. The predicted octanol–water partition coefficient (Wildman–Crippen LogP) is 5.22. The number of nitrogens with zero attached hydrogens (tertiary/aromatic N) is 1. The number of aliphatic hydroxyl groups excluding tert-OH is 1. The van der Waals surface area contributed by atoms with Crippen LogP contribution in [0.25, 0.3) is 17.0 Å². The summed E-state index contributed by atoms with van der Waals surface area (Å²) in [5, 5.41) is 26.3. The van der Waals surface area contributed by atoms with Gasteiger partial charge in [0.15, 0.2) is 0 Å². The Morgan fingerprint density at radius 1 is 1.13 bits per heavy atom. The molecule has 0 radical (unpaired) electrons. The largest absolute Gasteiger partial charge is 0.490 e. The molecule has 1 saturated heterocycles. The number of aryl methyl sites for hydroxylation is 1. The van der Waals surface area contributed by atoms with E-state index in [9.17, 15) is 9.50 Å². The number of halogens is 1. The van der Waals surface area contributed by atoms with Crippen LogP contribution >= 0.6 is 12.6 Å². The molecule has 1 aliphatic heterocycles. The van der Waals surface area contributed by atoms with Gasteiger partial charge in [-0.05, 0) is 85.6 Å². The summed E-state index contributed by atoms with van der Waals surface area (Å²) < 4.78 is 19.0. The van der Waals surface area contributed by atoms with Crippen LogP contribution in [0, 0.1) is 18.7 Å². The van der Waals surface area contributed by atoms with E-state index in [0.717, 1.165) is 58.7 Å². The third-order valence-electron chi connectivity index (χ3n) is 6.03. The van der Waals surface area contributed by atoms with Gasteiger partial charge in [0, 0.05) is 23.1 Å². The maximum atomic E-state index is 13.1. The summed E-state index contributed by atoms with van der Waals surface area (Å²) in [5.41, 5.74) is 3.10. The van der Waals surface area contributed by atoms with Crippen molar-refractivity contribution in [2.75, 3.05) is 26.2 Å². The number of hydrogen-bond donors (Lipinski definition) is 5. The molecule has 4 N–H and O–H groups in total. The number of nitrogens with one attached hydrogen (secondary N) is 1. The molecule has 1 atom stereocenters. The van der Waals surface area contributed by atoms with Crippen molar-refractivity contribution in [3.63, 3.8) is 0 Å². The second-order valence-electron chi connectivity index (χ2n) is 8.94. The van der Waals surface area contributed by atoms with Gasteiger partial charge < -0.3 is 29.9 Å². The van der Waals surface area contributed by atoms with E-state index in [-0.39, 0.29) is 12.4 Å². The van der Waals surface area contributed by atoms with Crippen LogP contribution < -0.4 is 4.74 Å². The zero-order valence-electron chi connectivity index (χ0n) is 22.4. The fourth-order valence-corrected chi connectivity index (χ4v) is 4.60. The molecule has 1 unspecified atom stereocenters. The number of carboxylic acid groups (broad SMARTS) is 2. The minimum Gasteiger partial charge on any atom is -0.490 e. The first kappa shape index (κ1) is 31.9. The highest BCUT2D eigenvalue weighted by Gasteiger charge is 2.23. The van der Waals surface area contributed by atoms with E-state index in [1.807, 2.05) is 45.0 Å². The van der Waals surface area contributed by atoms with Crippen LogP contribution in [-0.4, -0.2) is 69.5 Å². The van der Waals surface area contributed by atoms with Gasteiger partial charge in [-0.15, -0.1) is 12.6 Å². The zero-order chi connectivity index (χ0) is 28.9. The van der Waals surface area contributed by atoms with E-state index in [4.69, 9.17) is 37.2 Å². The number of allylic oxidation sites excluding steroid dienone is 1. The van der Waals surface area contributed by atoms with Crippen LogP contribution in [0.3, 0.4) is 0 Å². The molecular formula is C29H37FN2O6S. The number of carboxylic acids is 2. The Hall–Kier alpha value is -3.34. The number of fused-ring (bicyclic) bond motifs is 1. The number of aromatic nitrogens is 1. The molecule has 1 aromatic heterocycles. The number of aromatic amines is 1. The van der Waals surface area contributed by atoms with Gasteiger partial charge in [-0.25, -0.2) is 14.0 Å². The van der Waals surface area contributed by atoms with E-state index >= 15 is 0 Å². The molecule has 0 aliphatic carbocycles. The molecule has 4 rings (SSSR count). The molecule has 2 heterocycles. The summed E-state index contributed by atoms with van der Waals surface area (Å²) in [6.07, 6.45) is 3.46. The lowest BCUT2D eigenvalue weighted by molar-refractivity contribution is -0.159. The molecule has 0 spiro atoms. The molecule has 2 aromatic carbocycles. The quantitative estimate of drug-likeness (QED) is 0.198. The summed E-state index contributed by atoms with van der Waals surface area (Å²) in [7, 11) is 0. The van der Waals surface area contributed by atoms with Crippen molar-refractivity contribution in [3.8, 4) is 5.75 Å². The molecule has 39 heavy (non-hydrogen) atoms. The van der Waals surface area contributed by atoms with Crippen molar-refractivity contribution < 1.29 is 34.0 Å². The van der Waals surface area contributed by atoms with Crippen LogP contribution in [0.2, 0.25) is 0 Å². The average molecular weight is 561 g/mol. The lowest BCUT2D eigenvalue weighted by Crippen LogP contribution is -2.40. The van der Waals surface area contributed by atoms with Crippen molar-refractivity contribution in [2.45, 2.75) is 39.7 Å². The van der Waals surface area contributed by atoms with Crippen LogP contribution in [0.1, 0.15) is 37.9 Å².